The van der Waals surface area contributed by atoms with Gasteiger partial charge in [-0.1, -0.05) is 12.1 Å². The van der Waals surface area contributed by atoms with E-state index in [4.69, 9.17) is 9.47 Å². The summed E-state index contributed by atoms with van der Waals surface area (Å²) in [7, 11) is 3.02. The van der Waals surface area contributed by atoms with Gasteiger partial charge in [0.25, 0.3) is 5.69 Å². The van der Waals surface area contributed by atoms with Gasteiger partial charge in [0.15, 0.2) is 0 Å². The summed E-state index contributed by atoms with van der Waals surface area (Å²) in [5, 5.41) is 13.7. The molecule has 2 aromatic rings. The highest BCUT2D eigenvalue weighted by molar-refractivity contribution is 5.91. The largest absolute Gasteiger partial charge is 0.497 e. The minimum atomic E-state index is -0.506. The first-order valence-corrected chi connectivity index (χ1v) is 8.57. The third-order valence-corrected chi connectivity index (χ3v) is 4.65. The second-order valence-corrected chi connectivity index (χ2v) is 6.20. The molecular formula is C19H21N3O5. The molecule has 0 aliphatic carbocycles. The van der Waals surface area contributed by atoms with Crippen molar-refractivity contribution >= 4 is 17.4 Å². The molecule has 27 heavy (non-hydrogen) atoms. The molecule has 0 bridgehead atoms. The Morgan fingerprint density at radius 1 is 1.19 bits per heavy atom. The molecule has 0 saturated carbocycles. The minimum Gasteiger partial charge on any atom is -0.497 e. The smallest absolute Gasteiger partial charge is 0.322 e. The molecule has 1 aliphatic rings. The number of hydrogen-bond acceptors (Lipinski definition) is 5. The predicted octanol–water partition coefficient (Wildman–Crippen LogP) is 3.98. The van der Waals surface area contributed by atoms with Gasteiger partial charge in [0, 0.05) is 12.6 Å². The van der Waals surface area contributed by atoms with Crippen LogP contribution in [0.5, 0.6) is 11.5 Å². The second-order valence-electron chi connectivity index (χ2n) is 6.20. The lowest BCUT2D eigenvalue weighted by atomic mass is 10.0. The van der Waals surface area contributed by atoms with Gasteiger partial charge in [-0.3, -0.25) is 10.1 Å². The Labute approximate surface area is 156 Å². The van der Waals surface area contributed by atoms with Crippen molar-refractivity contribution in [2.45, 2.75) is 18.9 Å². The molecule has 1 aliphatic heterocycles. The first-order chi connectivity index (χ1) is 13.0. The van der Waals surface area contributed by atoms with Crippen molar-refractivity contribution in [1.29, 1.82) is 0 Å². The average Bonchev–Trinajstić information content (AvgIpc) is 3.18. The van der Waals surface area contributed by atoms with Gasteiger partial charge in [0.1, 0.15) is 11.5 Å². The van der Waals surface area contributed by atoms with Gasteiger partial charge < -0.3 is 19.7 Å². The Bertz CT molecular complexity index is 838. The number of urea groups is 1. The zero-order valence-corrected chi connectivity index (χ0v) is 15.2. The molecule has 1 N–H and O–H groups in total. The standard InChI is InChI=1S/C19H21N3O5/c1-26-15-8-5-13(6-9-15)17-4-3-11-21(17)19(23)20-16-10-7-14(22(24)25)12-18(16)27-2/h5-10,12,17H,3-4,11H2,1-2H3,(H,20,23)/t17-/m0/s1. The predicted molar refractivity (Wildman–Crippen MR) is 100 cm³/mol. The number of rotatable bonds is 5. The van der Waals surface area contributed by atoms with Gasteiger partial charge in [-0.15, -0.1) is 0 Å². The van der Waals surface area contributed by atoms with E-state index < -0.39 is 4.92 Å². The third-order valence-electron chi connectivity index (χ3n) is 4.65. The summed E-state index contributed by atoms with van der Waals surface area (Å²) in [5.74, 6) is 1.01. The molecular weight excluding hydrogens is 350 g/mol. The number of likely N-dealkylation sites (tertiary alicyclic amines) is 1. The Morgan fingerprint density at radius 3 is 2.56 bits per heavy atom. The summed E-state index contributed by atoms with van der Waals surface area (Å²) in [6.07, 6.45) is 1.78. The van der Waals surface area contributed by atoms with Crippen LogP contribution in [0, 0.1) is 10.1 Å². The van der Waals surface area contributed by atoms with Crippen LogP contribution < -0.4 is 14.8 Å². The maximum Gasteiger partial charge on any atom is 0.322 e. The highest BCUT2D eigenvalue weighted by Crippen LogP contribution is 2.34. The molecule has 0 spiro atoms. The number of ether oxygens (including phenoxy) is 2. The maximum absolute atomic E-state index is 12.8. The third kappa shape index (κ3) is 3.94. The lowest BCUT2D eigenvalue weighted by molar-refractivity contribution is -0.384. The Balaban J connectivity index is 1.77. The van der Waals surface area contributed by atoms with Crippen molar-refractivity contribution in [3.8, 4) is 11.5 Å². The summed E-state index contributed by atoms with van der Waals surface area (Å²) in [4.78, 5) is 25.0. The molecule has 1 atom stereocenters. The van der Waals surface area contributed by atoms with Crippen molar-refractivity contribution in [3.63, 3.8) is 0 Å². The van der Waals surface area contributed by atoms with Crippen molar-refractivity contribution < 1.29 is 19.2 Å². The first-order valence-electron chi connectivity index (χ1n) is 8.57. The molecule has 142 valence electrons. The number of hydrogen-bond donors (Lipinski definition) is 1. The summed E-state index contributed by atoms with van der Waals surface area (Å²) >= 11 is 0. The summed E-state index contributed by atoms with van der Waals surface area (Å²) < 4.78 is 10.4. The van der Waals surface area contributed by atoms with E-state index in [1.165, 1.54) is 25.3 Å². The van der Waals surface area contributed by atoms with E-state index in [0.717, 1.165) is 24.2 Å². The molecule has 1 heterocycles. The van der Waals surface area contributed by atoms with E-state index in [1.807, 2.05) is 24.3 Å². The number of nitrogens with zero attached hydrogens (tertiary/aromatic N) is 2. The van der Waals surface area contributed by atoms with Crippen molar-refractivity contribution in [2.75, 3.05) is 26.1 Å². The number of nitrogens with one attached hydrogen (secondary N) is 1. The van der Waals surface area contributed by atoms with Crippen LogP contribution in [-0.4, -0.2) is 36.6 Å². The monoisotopic (exact) mass is 371 g/mol. The molecule has 3 rings (SSSR count). The van der Waals surface area contributed by atoms with Crippen LogP contribution in [0.4, 0.5) is 16.2 Å². The molecule has 2 amide bonds. The van der Waals surface area contributed by atoms with Crippen LogP contribution in [0.2, 0.25) is 0 Å². The Kier molecular flexibility index (Phi) is 5.44. The van der Waals surface area contributed by atoms with E-state index in [1.54, 1.807) is 12.0 Å². The van der Waals surface area contributed by atoms with Crippen molar-refractivity contribution in [1.82, 2.24) is 4.90 Å². The van der Waals surface area contributed by atoms with Crippen LogP contribution in [0.15, 0.2) is 42.5 Å². The summed E-state index contributed by atoms with van der Waals surface area (Å²) in [6.45, 7) is 0.637. The van der Waals surface area contributed by atoms with E-state index in [0.29, 0.717) is 12.2 Å². The van der Waals surface area contributed by atoms with Gasteiger partial charge in [-0.05, 0) is 36.6 Å². The number of nitro groups is 1. The number of carbonyl (C=O) groups excluding carboxylic acids is 1. The maximum atomic E-state index is 12.8. The van der Waals surface area contributed by atoms with E-state index in [2.05, 4.69) is 5.32 Å². The summed E-state index contributed by atoms with van der Waals surface area (Å²) in [5.41, 5.74) is 1.34. The van der Waals surface area contributed by atoms with E-state index >= 15 is 0 Å². The molecule has 0 radical (unpaired) electrons. The fourth-order valence-corrected chi connectivity index (χ4v) is 3.27. The highest BCUT2D eigenvalue weighted by Gasteiger charge is 2.30. The van der Waals surface area contributed by atoms with E-state index in [-0.39, 0.29) is 23.5 Å². The van der Waals surface area contributed by atoms with Gasteiger partial charge in [-0.25, -0.2) is 4.79 Å². The highest BCUT2D eigenvalue weighted by atomic mass is 16.6. The number of nitro benzene ring substituents is 1. The SMILES string of the molecule is COc1ccc([C@@H]2CCCN2C(=O)Nc2ccc([N+](=O)[O-])cc2OC)cc1. The average molecular weight is 371 g/mol. The molecule has 1 fully saturated rings. The van der Waals surface area contributed by atoms with Gasteiger partial charge in [-0.2, -0.15) is 0 Å². The van der Waals surface area contributed by atoms with Gasteiger partial charge in [0.2, 0.25) is 0 Å². The quantitative estimate of drug-likeness (QED) is 0.634. The topological polar surface area (TPSA) is 93.9 Å². The van der Waals surface area contributed by atoms with Crippen LogP contribution in [0.3, 0.4) is 0 Å². The van der Waals surface area contributed by atoms with Crippen LogP contribution in [0.1, 0.15) is 24.4 Å². The normalized spacial score (nSPS) is 16.1. The van der Waals surface area contributed by atoms with E-state index in [9.17, 15) is 14.9 Å². The Morgan fingerprint density at radius 2 is 1.93 bits per heavy atom. The molecule has 1 saturated heterocycles. The Hall–Kier alpha value is -3.29. The molecule has 8 nitrogen and oxygen atoms in total. The fraction of sp³-hybridized carbons (Fsp3) is 0.316. The second kappa shape index (κ2) is 7.94. The lowest BCUT2D eigenvalue weighted by Crippen LogP contribution is -2.34. The zero-order chi connectivity index (χ0) is 19.4. The van der Waals surface area contributed by atoms with Crippen LogP contribution in [0.25, 0.3) is 0 Å². The number of anilines is 1. The number of carbonyl (C=O) groups is 1. The molecule has 2 aromatic carbocycles. The van der Waals surface area contributed by atoms with Crippen LogP contribution in [-0.2, 0) is 0 Å². The van der Waals surface area contributed by atoms with Gasteiger partial charge >= 0.3 is 6.03 Å². The number of methoxy groups -OCH3 is 2. The lowest BCUT2D eigenvalue weighted by Gasteiger charge is -2.26. The van der Waals surface area contributed by atoms with Gasteiger partial charge in [0.05, 0.1) is 36.9 Å². The minimum absolute atomic E-state index is 0.0278. The van der Waals surface area contributed by atoms with Crippen LogP contribution >= 0.6 is 0 Å². The number of non-ortho nitro benzene ring substituents is 1. The van der Waals surface area contributed by atoms with Crippen molar-refractivity contribution in [3.05, 3.63) is 58.1 Å². The first kappa shape index (κ1) is 18.5. The number of amides is 2. The molecule has 0 aromatic heterocycles. The summed E-state index contributed by atoms with van der Waals surface area (Å²) in [6, 6.07) is 11.5. The fourth-order valence-electron chi connectivity index (χ4n) is 3.27. The van der Waals surface area contributed by atoms with Crippen molar-refractivity contribution in [2.24, 2.45) is 0 Å². The number of benzene rings is 2. The molecule has 0 unspecified atom stereocenters. The zero-order valence-electron chi connectivity index (χ0n) is 15.2. The molecule has 8 heteroatoms.